The van der Waals surface area contributed by atoms with Crippen molar-refractivity contribution < 1.29 is 4.79 Å². The van der Waals surface area contributed by atoms with E-state index in [1.807, 2.05) is 12.1 Å². The summed E-state index contributed by atoms with van der Waals surface area (Å²) >= 11 is 0. The number of rotatable bonds is 4. The van der Waals surface area contributed by atoms with Crippen molar-refractivity contribution in [3.8, 4) is 0 Å². The zero-order chi connectivity index (χ0) is 13.8. The molecule has 2 heterocycles. The minimum absolute atomic E-state index is 0.111. The molecule has 0 unspecified atom stereocenters. The zero-order valence-electron chi connectivity index (χ0n) is 11.1. The molecule has 0 saturated carbocycles. The number of anilines is 1. The molecule has 2 N–H and O–H groups in total. The summed E-state index contributed by atoms with van der Waals surface area (Å²) in [5, 5.41) is 3.97. The van der Waals surface area contributed by atoms with Gasteiger partial charge in [-0.1, -0.05) is 0 Å². The Morgan fingerprint density at radius 2 is 2.11 bits per heavy atom. The van der Waals surface area contributed by atoms with Crippen molar-refractivity contribution in [1.82, 2.24) is 19.7 Å². The van der Waals surface area contributed by atoms with Crippen LogP contribution in [0.5, 0.6) is 0 Å². The van der Waals surface area contributed by atoms with E-state index in [0.717, 1.165) is 12.0 Å². The van der Waals surface area contributed by atoms with Crippen LogP contribution in [-0.4, -0.2) is 39.2 Å². The lowest BCUT2D eigenvalue weighted by Crippen LogP contribution is -2.29. The summed E-state index contributed by atoms with van der Waals surface area (Å²) in [6.45, 7) is 0.622. The standard InChI is InChI=1S/C13H17N5O/c1-17(8-5-10-3-6-15-7-4-10)13(19)11-9-16-18(2)12(11)14/h3-4,6-7,9H,5,8,14H2,1-2H3. The maximum atomic E-state index is 12.2. The van der Waals surface area contributed by atoms with E-state index in [4.69, 9.17) is 5.73 Å². The fourth-order valence-corrected chi connectivity index (χ4v) is 1.77. The molecule has 2 aromatic rings. The topological polar surface area (TPSA) is 77.0 Å². The fraction of sp³-hybridized carbons (Fsp3) is 0.308. The Morgan fingerprint density at radius 3 is 2.68 bits per heavy atom. The number of hydrogen-bond acceptors (Lipinski definition) is 4. The van der Waals surface area contributed by atoms with Gasteiger partial charge in [-0.05, 0) is 24.1 Å². The summed E-state index contributed by atoms with van der Waals surface area (Å²) in [7, 11) is 3.47. The molecule has 0 aromatic carbocycles. The van der Waals surface area contributed by atoms with Crippen LogP contribution in [0.2, 0.25) is 0 Å². The third kappa shape index (κ3) is 2.90. The van der Waals surface area contributed by atoms with Crippen molar-refractivity contribution in [2.45, 2.75) is 6.42 Å². The van der Waals surface area contributed by atoms with E-state index in [1.165, 1.54) is 10.9 Å². The fourth-order valence-electron chi connectivity index (χ4n) is 1.77. The number of amides is 1. The number of nitrogen functional groups attached to an aromatic ring is 1. The average Bonchev–Trinajstić information content (AvgIpc) is 2.77. The Labute approximate surface area is 111 Å². The first-order chi connectivity index (χ1) is 9.09. The monoisotopic (exact) mass is 259 g/mol. The van der Waals surface area contributed by atoms with Gasteiger partial charge in [0.1, 0.15) is 11.4 Å². The molecule has 0 fully saturated rings. The molecule has 6 heteroatoms. The van der Waals surface area contributed by atoms with Gasteiger partial charge in [-0.2, -0.15) is 5.10 Å². The van der Waals surface area contributed by atoms with E-state index in [-0.39, 0.29) is 5.91 Å². The molecular weight excluding hydrogens is 242 g/mol. The van der Waals surface area contributed by atoms with Crippen LogP contribution in [0, 0.1) is 0 Å². The Balaban J connectivity index is 1.98. The van der Waals surface area contributed by atoms with Crippen LogP contribution < -0.4 is 5.73 Å². The molecule has 0 aliphatic heterocycles. The Bertz CT molecular complexity index is 564. The highest BCUT2D eigenvalue weighted by atomic mass is 16.2. The zero-order valence-corrected chi connectivity index (χ0v) is 11.1. The predicted octanol–water partition coefficient (Wildman–Crippen LogP) is 0.712. The van der Waals surface area contributed by atoms with E-state index in [0.29, 0.717) is 17.9 Å². The molecule has 100 valence electrons. The molecule has 0 spiro atoms. The van der Waals surface area contributed by atoms with Crippen LogP contribution in [-0.2, 0) is 13.5 Å². The van der Waals surface area contributed by atoms with Gasteiger partial charge in [0.25, 0.3) is 5.91 Å². The van der Waals surface area contributed by atoms with Crippen LogP contribution in [0.25, 0.3) is 0 Å². The minimum atomic E-state index is -0.111. The van der Waals surface area contributed by atoms with Crippen molar-refractivity contribution in [2.75, 3.05) is 19.3 Å². The number of hydrogen-bond donors (Lipinski definition) is 1. The summed E-state index contributed by atoms with van der Waals surface area (Å²) in [4.78, 5) is 17.8. The van der Waals surface area contributed by atoms with Gasteiger partial charge in [0.15, 0.2) is 0 Å². The number of nitrogens with two attached hydrogens (primary N) is 1. The van der Waals surface area contributed by atoms with Gasteiger partial charge in [0, 0.05) is 33.0 Å². The van der Waals surface area contributed by atoms with E-state index in [2.05, 4.69) is 10.1 Å². The molecule has 0 aliphatic rings. The Hall–Kier alpha value is -2.37. The quantitative estimate of drug-likeness (QED) is 0.877. The van der Waals surface area contributed by atoms with E-state index in [1.54, 1.807) is 31.4 Å². The van der Waals surface area contributed by atoms with Gasteiger partial charge in [0.2, 0.25) is 0 Å². The van der Waals surface area contributed by atoms with E-state index in [9.17, 15) is 4.79 Å². The number of nitrogens with zero attached hydrogens (tertiary/aromatic N) is 4. The second-order valence-electron chi connectivity index (χ2n) is 4.40. The minimum Gasteiger partial charge on any atom is -0.383 e. The molecule has 6 nitrogen and oxygen atoms in total. The Kier molecular flexibility index (Phi) is 3.79. The third-order valence-corrected chi connectivity index (χ3v) is 3.05. The van der Waals surface area contributed by atoms with Gasteiger partial charge >= 0.3 is 0 Å². The summed E-state index contributed by atoms with van der Waals surface area (Å²) in [6.07, 6.45) is 5.78. The number of likely N-dealkylation sites (N-methyl/N-ethyl adjacent to an activating group) is 1. The normalized spacial score (nSPS) is 10.4. The lowest BCUT2D eigenvalue weighted by atomic mass is 10.2. The number of carbonyl (C=O) groups is 1. The first-order valence-electron chi connectivity index (χ1n) is 6.01. The average molecular weight is 259 g/mol. The van der Waals surface area contributed by atoms with Crippen molar-refractivity contribution >= 4 is 11.7 Å². The second-order valence-corrected chi connectivity index (χ2v) is 4.40. The number of aryl methyl sites for hydroxylation is 1. The molecule has 0 radical (unpaired) electrons. The molecular formula is C13H17N5O. The van der Waals surface area contributed by atoms with Gasteiger partial charge in [-0.3, -0.25) is 14.5 Å². The van der Waals surface area contributed by atoms with Crippen molar-refractivity contribution in [1.29, 1.82) is 0 Å². The number of carbonyl (C=O) groups excluding carboxylic acids is 1. The summed E-state index contributed by atoms with van der Waals surface area (Å²) in [5.74, 6) is 0.278. The van der Waals surface area contributed by atoms with Crippen LogP contribution >= 0.6 is 0 Å². The van der Waals surface area contributed by atoms with E-state index >= 15 is 0 Å². The van der Waals surface area contributed by atoms with Gasteiger partial charge in [-0.25, -0.2) is 0 Å². The molecule has 2 rings (SSSR count). The molecule has 19 heavy (non-hydrogen) atoms. The summed E-state index contributed by atoms with van der Waals surface area (Å²) < 4.78 is 1.49. The lowest BCUT2D eigenvalue weighted by Gasteiger charge is -2.16. The third-order valence-electron chi connectivity index (χ3n) is 3.05. The van der Waals surface area contributed by atoms with Crippen molar-refractivity contribution in [2.24, 2.45) is 7.05 Å². The van der Waals surface area contributed by atoms with Gasteiger partial charge < -0.3 is 10.6 Å². The van der Waals surface area contributed by atoms with Crippen molar-refractivity contribution in [3.05, 3.63) is 41.9 Å². The molecule has 1 amide bonds. The van der Waals surface area contributed by atoms with Crippen molar-refractivity contribution in [3.63, 3.8) is 0 Å². The first kappa shape index (κ1) is 13.1. The largest absolute Gasteiger partial charge is 0.383 e. The van der Waals surface area contributed by atoms with Crippen LogP contribution in [0.4, 0.5) is 5.82 Å². The van der Waals surface area contributed by atoms with Crippen LogP contribution in [0.3, 0.4) is 0 Å². The predicted molar refractivity (Wildman–Crippen MR) is 72.5 cm³/mol. The van der Waals surface area contributed by atoms with Gasteiger partial charge in [-0.15, -0.1) is 0 Å². The SMILES string of the molecule is CN(CCc1ccncc1)C(=O)c1cnn(C)c1N. The first-order valence-corrected chi connectivity index (χ1v) is 6.01. The van der Waals surface area contributed by atoms with E-state index < -0.39 is 0 Å². The van der Waals surface area contributed by atoms with Crippen LogP contribution in [0.15, 0.2) is 30.7 Å². The Morgan fingerprint density at radius 1 is 1.42 bits per heavy atom. The highest BCUT2D eigenvalue weighted by Gasteiger charge is 2.17. The molecule has 0 saturated heterocycles. The van der Waals surface area contributed by atoms with Crippen LogP contribution in [0.1, 0.15) is 15.9 Å². The number of pyridine rings is 1. The summed E-state index contributed by atoms with van der Waals surface area (Å²) in [6, 6.07) is 3.88. The maximum absolute atomic E-state index is 12.2. The van der Waals surface area contributed by atoms with Gasteiger partial charge in [0.05, 0.1) is 6.20 Å². The second kappa shape index (κ2) is 5.51. The summed E-state index contributed by atoms with van der Waals surface area (Å²) in [5.41, 5.74) is 7.38. The molecule has 2 aromatic heterocycles. The highest BCUT2D eigenvalue weighted by molar-refractivity contribution is 5.98. The molecule has 0 atom stereocenters. The maximum Gasteiger partial charge on any atom is 0.258 e. The number of aromatic nitrogens is 3. The lowest BCUT2D eigenvalue weighted by molar-refractivity contribution is 0.0797. The molecule has 0 aliphatic carbocycles. The highest BCUT2D eigenvalue weighted by Crippen LogP contribution is 2.12. The molecule has 0 bridgehead atoms. The smallest absolute Gasteiger partial charge is 0.258 e.